The van der Waals surface area contributed by atoms with Crippen molar-refractivity contribution in [3.63, 3.8) is 0 Å². The van der Waals surface area contributed by atoms with Gasteiger partial charge in [-0.3, -0.25) is 4.90 Å². The largest absolute Gasteiger partial charge is 0.462 e. The summed E-state index contributed by atoms with van der Waals surface area (Å²) in [6, 6.07) is 8.19. The third-order valence-electron chi connectivity index (χ3n) is 10.8. The number of piperazine rings is 1. The van der Waals surface area contributed by atoms with Crippen LogP contribution in [-0.2, 0) is 29.4 Å². The highest BCUT2D eigenvalue weighted by Gasteiger charge is 2.47. The van der Waals surface area contributed by atoms with Gasteiger partial charge < -0.3 is 19.3 Å². The first-order valence-corrected chi connectivity index (χ1v) is 16.6. The highest BCUT2D eigenvalue weighted by atomic mass is 35.5. The zero-order valence-corrected chi connectivity index (χ0v) is 26.3. The molecule has 1 amide bonds. The first-order valence-electron chi connectivity index (χ1n) is 16.2. The SMILES string of the molecule is C=CCOC(=O)N1C[C@H]2CC[C@@H](C1)N2c1nc(OC[C@@H]2CCCN2C(C)C)nc2c1CCC1(CCc3c(Cl)cccc31)C2. The molecule has 1 aromatic carbocycles. The van der Waals surface area contributed by atoms with Crippen LogP contribution in [0.4, 0.5) is 10.6 Å². The Morgan fingerprint density at radius 3 is 2.65 bits per heavy atom. The molecule has 0 radical (unpaired) electrons. The molecule has 1 spiro atoms. The zero-order chi connectivity index (χ0) is 29.7. The molecular weight excluding hydrogens is 562 g/mol. The van der Waals surface area contributed by atoms with E-state index in [4.69, 9.17) is 31.0 Å². The van der Waals surface area contributed by atoms with Crippen LogP contribution in [0.2, 0.25) is 5.02 Å². The second kappa shape index (κ2) is 11.6. The normalized spacial score (nSPS) is 28.0. The van der Waals surface area contributed by atoms with Crippen molar-refractivity contribution in [2.24, 2.45) is 0 Å². The number of halogens is 1. The summed E-state index contributed by atoms with van der Waals surface area (Å²) in [7, 11) is 0. The number of amides is 1. The van der Waals surface area contributed by atoms with Crippen LogP contribution in [0, 0.1) is 0 Å². The smallest absolute Gasteiger partial charge is 0.410 e. The number of ether oxygens (including phenoxy) is 2. The number of fused-ring (bicyclic) bond motifs is 5. The molecule has 4 atom stereocenters. The lowest BCUT2D eigenvalue weighted by Gasteiger charge is -2.43. The van der Waals surface area contributed by atoms with Gasteiger partial charge in [0.1, 0.15) is 19.0 Å². The molecule has 43 heavy (non-hydrogen) atoms. The fourth-order valence-corrected chi connectivity index (χ4v) is 8.98. The maximum atomic E-state index is 12.7. The molecule has 3 saturated heterocycles. The summed E-state index contributed by atoms with van der Waals surface area (Å²) in [5.74, 6) is 1.03. The van der Waals surface area contributed by atoms with Gasteiger partial charge in [0.2, 0.25) is 0 Å². The van der Waals surface area contributed by atoms with E-state index in [0.29, 0.717) is 37.8 Å². The van der Waals surface area contributed by atoms with Crippen molar-refractivity contribution in [1.29, 1.82) is 0 Å². The van der Waals surface area contributed by atoms with Crippen molar-refractivity contribution in [1.82, 2.24) is 19.8 Å². The van der Waals surface area contributed by atoms with Crippen molar-refractivity contribution in [3.05, 3.63) is 58.3 Å². The Morgan fingerprint density at radius 1 is 1.14 bits per heavy atom. The monoisotopic (exact) mass is 605 g/mol. The summed E-state index contributed by atoms with van der Waals surface area (Å²) in [6.07, 6.45) is 10.8. The van der Waals surface area contributed by atoms with Crippen LogP contribution in [0.25, 0.3) is 0 Å². The number of anilines is 1. The Kier molecular flexibility index (Phi) is 7.79. The van der Waals surface area contributed by atoms with Crippen molar-refractivity contribution < 1.29 is 14.3 Å². The summed E-state index contributed by atoms with van der Waals surface area (Å²) in [5, 5.41) is 0.889. The minimum Gasteiger partial charge on any atom is -0.462 e. The molecule has 0 N–H and O–H groups in total. The number of carbonyl (C=O) groups excluding carboxylic acids is 1. The second-order valence-corrected chi connectivity index (χ2v) is 13.9. The van der Waals surface area contributed by atoms with Gasteiger partial charge >= 0.3 is 12.1 Å². The number of benzene rings is 1. The molecule has 8 nitrogen and oxygen atoms in total. The molecule has 0 saturated carbocycles. The molecule has 7 rings (SSSR count). The van der Waals surface area contributed by atoms with E-state index in [0.717, 1.165) is 74.4 Å². The first kappa shape index (κ1) is 28.9. The average molecular weight is 606 g/mol. The molecule has 5 aliphatic rings. The van der Waals surface area contributed by atoms with Crippen molar-refractivity contribution in [2.45, 2.75) is 101 Å². The Morgan fingerprint density at radius 2 is 1.91 bits per heavy atom. The van der Waals surface area contributed by atoms with E-state index in [-0.39, 0.29) is 30.2 Å². The Labute approximate surface area is 260 Å². The lowest BCUT2D eigenvalue weighted by molar-refractivity contribution is 0.103. The number of likely N-dealkylation sites (tertiary alicyclic amines) is 2. The van der Waals surface area contributed by atoms with Crippen molar-refractivity contribution in [2.75, 3.05) is 37.7 Å². The van der Waals surface area contributed by atoms with Gasteiger partial charge in [0.15, 0.2) is 0 Å². The maximum Gasteiger partial charge on any atom is 0.410 e. The van der Waals surface area contributed by atoms with Gasteiger partial charge in [0, 0.05) is 53.3 Å². The summed E-state index contributed by atoms with van der Waals surface area (Å²) in [6.45, 7) is 11.5. The molecule has 230 valence electrons. The Bertz CT molecular complexity index is 1390. The number of hydrogen-bond acceptors (Lipinski definition) is 7. The van der Waals surface area contributed by atoms with Gasteiger partial charge in [-0.2, -0.15) is 9.97 Å². The van der Waals surface area contributed by atoms with Crippen LogP contribution < -0.4 is 9.64 Å². The second-order valence-electron chi connectivity index (χ2n) is 13.5. The van der Waals surface area contributed by atoms with Crippen LogP contribution in [0.15, 0.2) is 30.9 Å². The molecule has 1 aromatic heterocycles. The Hall–Kier alpha value is -2.84. The van der Waals surface area contributed by atoms with E-state index in [1.165, 1.54) is 23.1 Å². The lowest BCUT2D eigenvalue weighted by Crippen LogP contribution is -2.56. The van der Waals surface area contributed by atoms with E-state index in [1.54, 1.807) is 6.08 Å². The predicted molar refractivity (Wildman–Crippen MR) is 168 cm³/mol. The van der Waals surface area contributed by atoms with Crippen LogP contribution in [0.1, 0.15) is 74.8 Å². The number of carbonyl (C=O) groups is 1. The number of aromatic nitrogens is 2. The standard InChI is InChI=1S/C34H44ClN5O3/c1-4-17-42-33(41)38-19-23-10-11-24(20-38)40(23)31-27-13-15-34(14-12-26-28(34)8-5-9-29(26)35)18-30(27)36-32(37-31)43-21-25-7-6-16-39(25)22(2)3/h4-5,8-9,22-25H,1,6-7,10-21H2,2-3H3/t23-,24+,25-,34?/m0/s1. The number of hydrogen-bond donors (Lipinski definition) is 0. The third kappa shape index (κ3) is 5.18. The minimum absolute atomic E-state index is 0.0581. The summed E-state index contributed by atoms with van der Waals surface area (Å²) >= 11 is 6.66. The van der Waals surface area contributed by atoms with Crippen LogP contribution in [-0.4, -0.2) is 82.9 Å². The fourth-order valence-electron chi connectivity index (χ4n) is 8.71. The molecule has 9 heteroatoms. The van der Waals surface area contributed by atoms with E-state index < -0.39 is 0 Å². The van der Waals surface area contributed by atoms with Gasteiger partial charge in [-0.1, -0.05) is 36.4 Å². The van der Waals surface area contributed by atoms with Crippen LogP contribution >= 0.6 is 11.6 Å². The topological polar surface area (TPSA) is 71.0 Å². The van der Waals surface area contributed by atoms with Crippen LogP contribution in [0.3, 0.4) is 0 Å². The minimum atomic E-state index is -0.253. The summed E-state index contributed by atoms with van der Waals surface area (Å²) in [5.41, 5.74) is 5.16. The predicted octanol–water partition coefficient (Wildman–Crippen LogP) is 5.73. The average Bonchev–Trinajstić information content (AvgIpc) is 3.69. The number of rotatable bonds is 7. The number of nitrogens with zero attached hydrogens (tertiary/aromatic N) is 5. The Balaban J connectivity index is 1.21. The summed E-state index contributed by atoms with van der Waals surface area (Å²) < 4.78 is 11.9. The molecule has 3 aliphatic heterocycles. The quantitative estimate of drug-likeness (QED) is 0.373. The van der Waals surface area contributed by atoms with Gasteiger partial charge in [-0.05, 0) is 95.4 Å². The fraction of sp³-hybridized carbons (Fsp3) is 0.618. The van der Waals surface area contributed by atoms with E-state index in [2.05, 4.69) is 42.4 Å². The first-order chi connectivity index (χ1) is 20.9. The van der Waals surface area contributed by atoms with Crippen LogP contribution in [0.5, 0.6) is 6.01 Å². The highest BCUT2D eigenvalue weighted by molar-refractivity contribution is 6.31. The molecule has 1 unspecified atom stereocenters. The lowest BCUT2D eigenvalue weighted by atomic mass is 9.69. The van der Waals surface area contributed by atoms with Crippen molar-refractivity contribution in [3.8, 4) is 6.01 Å². The van der Waals surface area contributed by atoms with Gasteiger partial charge in [-0.15, -0.1) is 0 Å². The van der Waals surface area contributed by atoms with Gasteiger partial charge in [0.05, 0.1) is 5.69 Å². The highest BCUT2D eigenvalue weighted by Crippen LogP contribution is 2.51. The van der Waals surface area contributed by atoms with E-state index >= 15 is 0 Å². The molecule has 4 heterocycles. The van der Waals surface area contributed by atoms with E-state index in [1.807, 2.05) is 11.0 Å². The molecular formula is C34H44ClN5O3. The van der Waals surface area contributed by atoms with Gasteiger partial charge in [-0.25, -0.2) is 4.79 Å². The van der Waals surface area contributed by atoms with Crippen molar-refractivity contribution >= 4 is 23.5 Å². The van der Waals surface area contributed by atoms with E-state index in [9.17, 15) is 4.79 Å². The zero-order valence-electron chi connectivity index (χ0n) is 25.6. The maximum absolute atomic E-state index is 12.7. The summed E-state index contributed by atoms with van der Waals surface area (Å²) in [4.78, 5) is 30.0. The molecule has 2 aliphatic carbocycles. The third-order valence-corrected chi connectivity index (χ3v) is 11.1. The molecule has 2 aromatic rings. The molecule has 2 bridgehead atoms. The molecule has 3 fully saturated rings. The van der Waals surface area contributed by atoms with Gasteiger partial charge in [0.25, 0.3) is 0 Å².